The molecule has 3 rings (SSSR count). The van der Waals surface area contributed by atoms with Crippen LogP contribution >= 0.6 is 11.6 Å². The first-order valence-corrected chi connectivity index (χ1v) is 8.15. The summed E-state index contributed by atoms with van der Waals surface area (Å²) < 4.78 is 17.1. The average molecular weight is 362 g/mol. The number of aromatic nitrogens is 4. The van der Waals surface area contributed by atoms with Crippen LogP contribution < -0.4 is 5.32 Å². The zero-order valence-electron chi connectivity index (χ0n) is 13.6. The summed E-state index contributed by atoms with van der Waals surface area (Å²) in [6.45, 7) is 2.57. The number of nitrogens with one attached hydrogen (secondary N) is 1. The minimum atomic E-state index is -0.386. The van der Waals surface area contributed by atoms with Crippen LogP contribution in [0.25, 0.3) is 0 Å². The lowest BCUT2D eigenvalue weighted by atomic mass is 10.2. The Hall–Kier alpha value is -2.67. The van der Waals surface area contributed by atoms with Crippen molar-refractivity contribution >= 4 is 23.3 Å². The second kappa shape index (κ2) is 7.48. The molecule has 0 spiro atoms. The van der Waals surface area contributed by atoms with Gasteiger partial charge in [-0.2, -0.15) is 10.2 Å². The molecular weight excluding hydrogens is 345 g/mol. The number of nitrogens with zero attached hydrogens (tertiary/aromatic N) is 4. The van der Waals surface area contributed by atoms with E-state index in [1.807, 2.05) is 19.2 Å². The van der Waals surface area contributed by atoms with Gasteiger partial charge in [-0.25, -0.2) is 4.39 Å². The molecule has 8 heteroatoms. The van der Waals surface area contributed by atoms with E-state index in [4.69, 9.17) is 11.6 Å². The van der Waals surface area contributed by atoms with Gasteiger partial charge in [0.15, 0.2) is 5.82 Å². The van der Waals surface area contributed by atoms with E-state index in [0.29, 0.717) is 22.9 Å². The fraction of sp³-hybridized carbons (Fsp3) is 0.235. The van der Waals surface area contributed by atoms with Gasteiger partial charge in [-0.05, 0) is 25.1 Å². The average Bonchev–Trinajstić information content (AvgIpc) is 3.18. The van der Waals surface area contributed by atoms with Crippen molar-refractivity contribution < 1.29 is 9.18 Å². The molecule has 130 valence electrons. The van der Waals surface area contributed by atoms with Crippen molar-refractivity contribution in [1.29, 1.82) is 0 Å². The van der Waals surface area contributed by atoms with E-state index in [0.717, 1.165) is 5.69 Å². The lowest BCUT2D eigenvalue weighted by Gasteiger charge is -2.06. The highest BCUT2D eigenvalue weighted by molar-refractivity contribution is 6.31. The van der Waals surface area contributed by atoms with Gasteiger partial charge < -0.3 is 5.32 Å². The lowest BCUT2D eigenvalue weighted by Crippen LogP contribution is -2.15. The third-order valence-corrected chi connectivity index (χ3v) is 3.99. The van der Waals surface area contributed by atoms with Crippen molar-refractivity contribution in [2.45, 2.75) is 26.4 Å². The van der Waals surface area contributed by atoms with Gasteiger partial charge in [-0.1, -0.05) is 17.7 Å². The minimum absolute atomic E-state index is 0.165. The fourth-order valence-electron chi connectivity index (χ4n) is 2.37. The number of halogens is 2. The third kappa shape index (κ3) is 4.45. The van der Waals surface area contributed by atoms with Gasteiger partial charge in [0.2, 0.25) is 5.91 Å². The maximum Gasteiger partial charge on any atom is 0.227 e. The Kier molecular flexibility index (Phi) is 5.14. The standard InChI is InChI=1S/C17H17ClFN5O/c1-12-5-8-23(21-12)10-7-17(25)20-16-6-9-24(22-16)11-13-14(18)3-2-4-15(13)19/h2-6,8-9H,7,10-11H2,1H3,(H,20,22,25). The molecule has 0 fully saturated rings. The molecule has 3 aromatic rings. The Balaban J connectivity index is 1.57. The van der Waals surface area contributed by atoms with Crippen LogP contribution in [-0.2, 0) is 17.9 Å². The van der Waals surface area contributed by atoms with Gasteiger partial charge in [0.25, 0.3) is 0 Å². The summed E-state index contributed by atoms with van der Waals surface area (Å²) in [7, 11) is 0. The Morgan fingerprint density at radius 2 is 2.00 bits per heavy atom. The van der Waals surface area contributed by atoms with Crippen molar-refractivity contribution in [3.63, 3.8) is 0 Å². The molecule has 0 unspecified atom stereocenters. The molecule has 1 aromatic carbocycles. The van der Waals surface area contributed by atoms with E-state index in [2.05, 4.69) is 15.5 Å². The monoisotopic (exact) mass is 361 g/mol. The molecule has 0 aliphatic heterocycles. The zero-order valence-corrected chi connectivity index (χ0v) is 14.4. The van der Waals surface area contributed by atoms with Gasteiger partial charge in [0, 0.05) is 42.0 Å². The molecule has 2 heterocycles. The molecule has 0 radical (unpaired) electrons. The minimum Gasteiger partial charge on any atom is -0.309 e. The Morgan fingerprint density at radius 1 is 1.20 bits per heavy atom. The van der Waals surface area contributed by atoms with Crippen molar-refractivity contribution in [3.8, 4) is 0 Å². The molecule has 0 bridgehead atoms. The summed E-state index contributed by atoms with van der Waals surface area (Å²) in [6.07, 6.45) is 3.78. The summed E-state index contributed by atoms with van der Waals surface area (Å²) in [5, 5.41) is 11.5. The highest BCUT2D eigenvalue weighted by Crippen LogP contribution is 2.20. The SMILES string of the molecule is Cc1ccn(CCC(=O)Nc2ccn(Cc3c(F)cccc3Cl)n2)n1. The number of hydrogen-bond acceptors (Lipinski definition) is 3. The molecule has 2 aromatic heterocycles. The number of carbonyl (C=O) groups excluding carboxylic acids is 1. The van der Waals surface area contributed by atoms with Crippen LogP contribution in [0.4, 0.5) is 10.2 Å². The third-order valence-electron chi connectivity index (χ3n) is 3.63. The smallest absolute Gasteiger partial charge is 0.227 e. The number of anilines is 1. The summed E-state index contributed by atoms with van der Waals surface area (Å²) in [4.78, 5) is 12.0. The van der Waals surface area contributed by atoms with Crippen molar-refractivity contribution in [1.82, 2.24) is 19.6 Å². The van der Waals surface area contributed by atoms with Gasteiger partial charge in [0.1, 0.15) is 5.82 Å². The first kappa shape index (κ1) is 17.2. The maximum absolute atomic E-state index is 13.8. The second-order valence-electron chi connectivity index (χ2n) is 5.62. The molecule has 0 saturated heterocycles. The van der Waals surface area contributed by atoms with E-state index in [9.17, 15) is 9.18 Å². The van der Waals surface area contributed by atoms with E-state index in [1.165, 1.54) is 10.7 Å². The van der Waals surface area contributed by atoms with Gasteiger partial charge in [0.05, 0.1) is 12.2 Å². The zero-order chi connectivity index (χ0) is 17.8. The first-order chi connectivity index (χ1) is 12.0. The number of hydrogen-bond donors (Lipinski definition) is 1. The predicted molar refractivity (Wildman–Crippen MR) is 92.9 cm³/mol. The second-order valence-corrected chi connectivity index (χ2v) is 6.02. The summed E-state index contributed by atoms with van der Waals surface area (Å²) in [6, 6.07) is 8.07. The molecule has 1 N–H and O–H groups in total. The first-order valence-electron chi connectivity index (χ1n) is 7.77. The quantitative estimate of drug-likeness (QED) is 0.733. The molecule has 1 amide bonds. The largest absolute Gasteiger partial charge is 0.309 e. The van der Waals surface area contributed by atoms with E-state index < -0.39 is 0 Å². The number of benzene rings is 1. The Morgan fingerprint density at radius 3 is 2.72 bits per heavy atom. The van der Waals surface area contributed by atoms with Gasteiger partial charge in [-0.15, -0.1) is 0 Å². The van der Waals surface area contributed by atoms with Crippen LogP contribution in [0.5, 0.6) is 0 Å². The lowest BCUT2D eigenvalue weighted by molar-refractivity contribution is -0.116. The molecule has 6 nitrogen and oxygen atoms in total. The molecule has 0 aliphatic carbocycles. The summed E-state index contributed by atoms with van der Waals surface area (Å²) >= 11 is 6.01. The Labute approximate surface area is 149 Å². The van der Waals surface area contributed by atoms with Crippen LogP contribution in [0.3, 0.4) is 0 Å². The van der Waals surface area contributed by atoms with Crippen molar-refractivity contribution in [3.05, 3.63) is 64.8 Å². The van der Waals surface area contributed by atoms with Gasteiger partial charge >= 0.3 is 0 Å². The van der Waals surface area contributed by atoms with Crippen molar-refractivity contribution in [2.24, 2.45) is 0 Å². The normalized spacial score (nSPS) is 10.8. The van der Waals surface area contributed by atoms with Crippen LogP contribution in [-0.4, -0.2) is 25.5 Å². The fourth-order valence-corrected chi connectivity index (χ4v) is 2.59. The van der Waals surface area contributed by atoms with E-state index in [-0.39, 0.29) is 24.7 Å². The van der Waals surface area contributed by atoms with Crippen LogP contribution in [0, 0.1) is 12.7 Å². The number of aryl methyl sites for hydroxylation is 2. The summed E-state index contributed by atoms with van der Waals surface area (Å²) in [5.74, 6) is -0.139. The molecule has 0 saturated carbocycles. The topological polar surface area (TPSA) is 64.7 Å². The molecule has 0 atom stereocenters. The highest BCUT2D eigenvalue weighted by atomic mass is 35.5. The van der Waals surface area contributed by atoms with Crippen LogP contribution in [0.15, 0.2) is 42.7 Å². The van der Waals surface area contributed by atoms with Crippen LogP contribution in [0.1, 0.15) is 17.7 Å². The molecule has 0 aliphatic rings. The van der Waals surface area contributed by atoms with Crippen LogP contribution in [0.2, 0.25) is 5.02 Å². The number of carbonyl (C=O) groups is 1. The molecular formula is C17H17ClFN5O. The maximum atomic E-state index is 13.8. The summed E-state index contributed by atoms with van der Waals surface area (Å²) in [5.41, 5.74) is 1.27. The molecule has 25 heavy (non-hydrogen) atoms. The Bertz CT molecular complexity index is 869. The predicted octanol–water partition coefficient (Wildman–Crippen LogP) is 3.26. The highest BCUT2D eigenvalue weighted by Gasteiger charge is 2.10. The van der Waals surface area contributed by atoms with E-state index >= 15 is 0 Å². The number of rotatable bonds is 6. The van der Waals surface area contributed by atoms with Gasteiger partial charge in [-0.3, -0.25) is 14.2 Å². The number of amides is 1. The van der Waals surface area contributed by atoms with Crippen molar-refractivity contribution in [2.75, 3.05) is 5.32 Å². The van der Waals surface area contributed by atoms with E-state index in [1.54, 1.807) is 29.1 Å².